The van der Waals surface area contributed by atoms with E-state index in [4.69, 9.17) is 18.0 Å². The largest absolute Gasteiger partial charge is 0.389 e. The fourth-order valence-electron chi connectivity index (χ4n) is 1.11. The molecule has 1 aromatic carbocycles. The first-order valence-electron chi connectivity index (χ1n) is 4.46. The first-order valence-corrected chi connectivity index (χ1v) is 6.30. The monoisotopic (exact) mass is 259 g/mol. The van der Waals surface area contributed by atoms with Gasteiger partial charge in [-0.3, -0.25) is 4.31 Å². The molecule has 0 aromatic heterocycles. The van der Waals surface area contributed by atoms with E-state index in [-0.39, 0.29) is 4.99 Å². The fourth-order valence-corrected chi connectivity index (χ4v) is 1.92. The molecule has 0 spiro atoms. The van der Waals surface area contributed by atoms with Crippen molar-refractivity contribution in [2.24, 2.45) is 5.73 Å². The molecule has 7 heteroatoms. The van der Waals surface area contributed by atoms with Crippen LogP contribution in [0.15, 0.2) is 24.3 Å². The Balaban J connectivity index is 3.03. The minimum atomic E-state index is -3.47. The highest BCUT2D eigenvalue weighted by molar-refractivity contribution is 7.90. The Hall–Kier alpha value is -1.18. The topological polar surface area (TPSA) is 75.4 Å². The Labute approximate surface area is 100 Å². The molecule has 0 atom stereocenters. The Morgan fingerprint density at radius 3 is 2.25 bits per heavy atom. The number of thiocarbonyl (C=S) groups is 1. The molecule has 0 saturated carbocycles. The molecule has 1 rings (SSSR count). The Morgan fingerprint density at radius 1 is 1.38 bits per heavy atom. The molecule has 0 unspecified atom stereocenters. The summed E-state index contributed by atoms with van der Waals surface area (Å²) in [5, 5.41) is 0. The van der Waals surface area contributed by atoms with Crippen molar-refractivity contribution < 1.29 is 8.42 Å². The van der Waals surface area contributed by atoms with Crippen LogP contribution in [0.3, 0.4) is 0 Å². The molecule has 0 aliphatic carbocycles. The van der Waals surface area contributed by atoms with Gasteiger partial charge in [0.25, 0.3) is 0 Å². The van der Waals surface area contributed by atoms with Crippen LogP contribution in [0.1, 0.15) is 5.56 Å². The zero-order valence-corrected chi connectivity index (χ0v) is 10.6. The normalized spacial score (nSPS) is 11.1. The standard InChI is InChI=1S/C9H13N3O2S2/c1-11-16(13,14)12(2)8-5-3-7(4-6-8)9(10)15/h3-6,11H,1-2H3,(H2,10,15). The van der Waals surface area contributed by atoms with E-state index in [9.17, 15) is 8.42 Å². The second kappa shape index (κ2) is 4.77. The maximum atomic E-state index is 11.5. The number of nitrogens with two attached hydrogens (primary N) is 1. The van der Waals surface area contributed by atoms with E-state index >= 15 is 0 Å². The number of hydrogen-bond donors (Lipinski definition) is 2. The second-order valence-corrected chi connectivity index (χ2v) is 5.43. The van der Waals surface area contributed by atoms with Gasteiger partial charge in [-0.15, -0.1) is 0 Å². The van der Waals surface area contributed by atoms with Crippen molar-refractivity contribution in [2.45, 2.75) is 0 Å². The molecule has 1 aromatic rings. The maximum absolute atomic E-state index is 11.5. The van der Waals surface area contributed by atoms with Gasteiger partial charge in [0, 0.05) is 19.7 Å². The van der Waals surface area contributed by atoms with Crippen molar-refractivity contribution in [3.8, 4) is 0 Å². The summed E-state index contributed by atoms with van der Waals surface area (Å²) >= 11 is 4.80. The van der Waals surface area contributed by atoms with Gasteiger partial charge in [-0.2, -0.15) is 8.42 Å². The van der Waals surface area contributed by atoms with E-state index in [1.54, 1.807) is 24.3 Å². The smallest absolute Gasteiger partial charge is 0.301 e. The third-order valence-electron chi connectivity index (χ3n) is 2.13. The highest BCUT2D eigenvalue weighted by atomic mass is 32.2. The van der Waals surface area contributed by atoms with Crippen LogP contribution in [-0.4, -0.2) is 27.5 Å². The lowest BCUT2D eigenvalue weighted by atomic mass is 10.2. The number of benzene rings is 1. The predicted molar refractivity (Wildman–Crippen MR) is 68.7 cm³/mol. The first kappa shape index (κ1) is 12.9. The molecule has 0 saturated heterocycles. The Morgan fingerprint density at radius 2 is 1.88 bits per heavy atom. The van der Waals surface area contributed by atoms with E-state index in [2.05, 4.69) is 4.72 Å². The average Bonchev–Trinajstić information content (AvgIpc) is 2.28. The SMILES string of the molecule is CNS(=O)(=O)N(C)c1ccc(C(N)=S)cc1. The molecular formula is C9H13N3O2S2. The van der Waals surface area contributed by atoms with Gasteiger partial charge in [0.2, 0.25) is 0 Å². The zero-order valence-electron chi connectivity index (χ0n) is 8.97. The van der Waals surface area contributed by atoms with Crippen LogP contribution in [0.25, 0.3) is 0 Å². The summed E-state index contributed by atoms with van der Waals surface area (Å²) in [6.07, 6.45) is 0. The van der Waals surface area contributed by atoms with Crippen LogP contribution in [0, 0.1) is 0 Å². The van der Waals surface area contributed by atoms with Crippen LogP contribution >= 0.6 is 12.2 Å². The predicted octanol–water partition coefficient (Wildman–Crippen LogP) is 0.221. The Bertz CT molecular complexity index is 482. The fraction of sp³-hybridized carbons (Fsp3) is 0.222. The van der Waals surface area contributed by atoms with Gasteiger partial charge in [0.05, 0.1) is 5.69 Å². The maximum Gasteiger partial charge on any atom is 0.301 e. The summed E-state index contributed by atoms with van der Waals surface area (Å²) in [7, 11) is -0.649. The van der Waals surface area contributed by atoms with Crippen LogP contribution < -0.4 is 14.8 Å². The lowest BCUT2D eigenvalue weighted by Crippen LogP contribution is -2.35. The van der Waals surface area contributed by atoms with Gasteiger partial charge in [-0.25, -0.2) is 4.72 Å². The zero-order chi connectivity index (χ0) is 12.3. The molecule has 0 fully saturated rings. The first-order chi connectivity index (χ1) is 7.38. The number of rotatable bonds is 4. The van der Waals surface area contributed by atoms with Crippen LogP contribution in [-0.2, 0) is 10.2 Å². The molecule has 0 aliphatic heterocycles. The van der Waals surface area contributed by atoms with Crippen molar-refractivity contribution >= 4 is 33.1 Å². The molecule has 0 heterocycles. The van der Waals surface area contributed by atoms with Gasteiger partial charge >= 0.3 is 10.2 Å². The number of nitrogens with zero attached hydrogens (tertiary/aromatic N) is 1. The summed E-state index contributed by atoms with van der Waals surface area (Å²) in [4.78, 5) is 0.283. The van der Waals surface area contributed by atoms with Crippen molar-refractivity contribution in [1.82, 2.24) is 4.72 Å². The van der Waals surface area contributed by atoms with E-state index in [1.165, 1.54) is 14.1 Å². The quantitative estimate of drug-likeness (QED) is 0.759. The summed E-state index contributed by atoms with van der Waals surface area (Å²) in [6.45, 7) is 0. The van der Waals surface area contributed by atoms with Crippen molar-refractivity contribution in [2.75, 3.05) is 18.4 Å². The van der Waals surface area contributed by atoms with E-state index < -0.39 is 10.2 Å². The summed E-state index contributed by atoms with van der Waals surface area (Å²) < 4.78 is 26.3. The number of anilines is 1. The van der Waals surface area contributed by atoms with E-state index in [1.807, 2.05) is 0 Å². The summed E-state index contributed by atoms with van der Waals surface area (Å²) in [5.41, 5.74) is 6.68. The highest BCUT2D eigenvalue weighted by Crippen LogP contribution is 2.15. The van der Waals surface area contributed by atoms with Crippen molar-refractivity contribution in [3.63, 3.8) is 0 Å². The number of nitrogens with one attached hydrogen (secondary N) is 1. The average molecular weight is 259 g/mol. The molecule has 16 heavy (non-hydrogen) atoms. The highest BCUT2D eigenvalue weighted by Gasteiger charge is 2.15. The molecule has 0 amide bonds. The summed E-state index contributed by atoms with van der Waals surface area (Å²) in [5.74, 6) is 0. The van der Waals surface area contributed by atoms with E-state index in [0.29, 0.717) is 11.3 Å². The molecule has 88 valence electrons. The van der Waals surface area contributed by atoms with Gasteiger partial charge in [0.1, 0.15) is 4.99 Å². The third kappa shape index (κ3) is 2.69. The van der Waals surface area contributed by atoms with Crippen LogP contribution in [0.5, 0.6) is 0 Å². The molecule has 0 aliphatic rings. The second-order valence-electron chi connectivity index (χ2n) is 3.09. The van der Waals surface area contributed by atoms with Crippen molar-refractivity contribution in [1.29, 1.82) is 0 Å². The molecular weight excluding hydrogens is 246 g/mol. The molecule has 0 bridgehead atoms. The van der Waals surface area contributed by atoms with Gasteiger partial charge < -0.3 is 5.73 Å². The lowest BCUT2D eigenvalue weighted by molar-refractivity contribution is 0.586. The third-order valence-corrected chi connectivity index (χ3v) is 3.82. The minimum absolute atomic E-state index is 0.283. The lowest BCUT2D eigenvalue weighted by Gasteiger charge is -2.18. The van der Waals surface area contributed by atoms with Crippen LogP contribution in [0.2, 0.25) is 0 Å². The number of hydrogen-bond acceptors (Lipinski definition) is 3. The van der Waals surface area contributed by atoms with Gasteiger partial charge in [-0.1, -0.05) is 12.2 Å². The molecule has 3 N–H and O–H groups in total. The van der Waals surface area contributed by atoms with Gasteiger partial charge in [0.15, 0.2) is 0 Å². The minimum Gasteiger partial charge on any atom is -0.389 e. The molecule has 0 radical (unpaired) electrons. The van der Waals surface area contributed by atoms with Crippen LogP contribution in [0.4, 0.5) is 5.69 Å². The molecule has 5 nitrogen and oxygen atoms in total. The van der Waals surface area contributed by atoms with Crippen molar-refractivity contribution in [3.05, 3.63) is 29.8 Å². The summed E-state index contributed by atoms with van der Waals surface area (Å²) in [6, 6.07) is 6.64. The van der Waals surface area contributed by atoms with Gasteiger partial charge in [-0.05, 0) is 24.3 Å². The van der Waals surface area contributed by atoms with E-state index in [0.717, 1.165) is 4.31 Å². The Kier molecular flexibility index (Phi) is 3.84.